The van der Waals surface area contributed by atoms with Gasteiger partial charge in [0.25, 0.3) is 5.91 Å². The van der Waals surface area contributed by atoms with Gasteiger partial charge < -0.3 is 19.7 Å². The standard InChI is InChI=1S/C20H29N3O3.ClH/c24-20(23-10-5-17(15-23)22-11-8-21-9-12-22)16-1-3-18(4-2-16)26-19-6-13-25-14-7-19;/h1-4,17,19,21H,5-15H2;1H. The number of ether oxygens (including phenoxy) is 2. The molecular weight excluding hydrogens is 366 g/mol. The minimum Gasteiger partial charge on any atom is -0.490 e. The van der Waals surface area contributed by atoms with Crippen molar-refractivity contribution in [2.24, 2.45) is 0 Å². The van der Waals surface area contributed by atoms with Crippen LogP contribution in [-0.4, -0.2) is 80.3 Å². The summed E-state index contributed by atoms with van der Waals surface area (Å²) in [6.45, 7) is 7.52. The number of likely N-dealkylation sites (tertiary alicyclic amines) is 1. The molecule has 1 unspecified atom stereocenters. The summed E-state index contributed by atoms with van der Waals surface area (Å²) in [6.07, 6.45) is 3.17. The van der Waals surface area contributed by atoms with Gasteiger partial charge in [-0.3, -0.25) is 9.69 Å². The van der Waals surface area contributed by atoms with Crippen LogP contribution in [0.3, 0.4) is 0 Å². The van der Waals surface area contributed by atoms with Gasteiger partial charge in [-0.15, -0.1) is 12.4 Å². The fraction of sp³-hybridized carbons (Fsp3) is 0.650. The Morgan fingerprint density at radius 1 is 1.04 bits per heavy atom. The van der Waals surface area contributed by atoms with Crippen molar-refractivity contribution < 1.29 is 14.3 Å². The minimum atomic E-state index is 0. The molecule has 0 aromatic heterocycles. The number of hydrogen-bond donors (Lipinski definition) is 1. The highest BCUT2D eigenvalue weighted by atomic mass is 35.5. The van der Waals surface area contributed by atoms with Crippen LogP contribution in [0.2, 0.25) is 0 Å². The van der Waals surface area contributed by atoms with Crippen molar-refractivity contribution in [1.82, 2.24) is 15.1 Å². The molecule has 3 saturated heterocycles. The Bertz CT molecular complexity index is 601. The number of carbonyl (C=O) groups is 1. The molecule has 0 saturated carbocycles. The molecule has 3 fully saturated rings. The molecule has 6 nitrogen and oxygen atoms in total. The number of nitrogens with zero attached hydrogens (tertiary/aromatic N) is 2. The number of piperazine rings is 1. The summed E-state index contributed by atoms with van der Waals surface area (Å²) in [6, 6.07) is 8.15. The minimum absolute atomic E-state index is 0. The van der Waals surface area contributed by atoms with Gasteiger partial charge in [0, 0.05) is 63.7 Å². The monoisotopic (exact) mass is 395 g/mol. The molecule has 1 aromatic rings. The van der Waals surface area contributed by atoms with Crippen LogP contribution in [0.15, 0.2) is 24.3 Å². The summed E-state index contributed by atoms with van der Waals surface area (Å²) >= 11 is 0. The Hall–Kier alpha value is -1.34. The Morgan fingerprint density at radius 3 is 2.44 bits per heavy atom. The molecule has 0 spiro atoms. The van der Waals surface area contributed by atoms with E-state index >= 15 is 0 Å². The first-order valence-electron chi connectivity index (χ1n) is 9.88. The van der Waals surface area contributed by atoms with Crippen molar-refractivity contribution >= 4 is 18.3 Å². The van der Waals surface area contributed by atoms with E-state index < -0.39 is 0 Å². The third kappa shape index (κ3) is 5.13. The fourth-order valence-electron chi connectivity index (χ4n) is 4.12. The van der Waals surface area contributed by atoms with Gasteiger partial charge in [0.05, 0.1) is 13.2 Å². The van der Waals surface area contributed by atoms with Crippen LogP contribution >= 0.6 is 12.4 Å². The van der Waals surface area contributed by atoms with E-state index in [0.29, 0.717) is 6.04 Å². The number of carbonyl (C=O) groups excluding carboxylic acids is 1. The van der Waals surface area contributed by atoms with Gasteiger partial charge in [-0.25, -0.2) is 0 Å². The van der Waals surface area contributed by atoms with Gasteiger partial charge in [-0.1, -0.05) is 0 Å². The maximum atomic E-state index is 12.8. The van der Waals surface area contributed by atoms with Crippen LogP contribution in [0.1, 0.15) is 29.6 Å². The second-order valence-corrected chi connectivity index (χ2v) is 7.43. The van der Waals surface area contributed by atoms with E-state index in [-0.39, 0.29) is 24.4 Å². The van der Waals surface area contributed by atoms with Crippen molar-refractivity contribution in [3.63, 3.8) is 0 Å². The first-order chi connectivity index (χ1) is 12.8. The van der Waals surface area contributed by atoms with E-state index in [4.69, 9.17) is 9.47 Å². The first-order valence-corrected chi connectivity index (χ1v) is 9.88. The maximum absolute atomic E-state index is 12.8. The molecule has 150 valence electrons. The van der Waals surface area contributed by atoms with Crippen LogP contribution in [0.4, 0.5) is 0 Å². The molecule has 3 aliphatic rings. The summed E-state index contributed by atoms with van der Waals surface area (Å²) in [5.41, 5.74) is 0.755. The molecule has 3 heterocycles. The molecule has 1 atom stereocenters. The maximum Gasteiger partial charge on any atom is 0.253 e. The summed E-state index contributed by atoms with van der Waals surface area (Å²) in [5, 5.41) is 3.39. The lowest BCUT2D eigenvalue weighted by atomic mass is 10.1. The van der Waals surface area contributed by atoms with Gasteiger partial charge in [-0.2, -0.15) is 0 Å². The van der Waals surface area contributed by atoms with Crippen molar-refractivity contribution in [2.45, 2.75) is 31.4 Å². The zero-order valence-corrected chi connectivity index (χ0v) is 16.6. The summed E-state index contributed by atoms with van der Waals surface area (Å²) in [7, 11) is 0. The van der Waals surface area contributed by atoms with E-state index in [0.717, 1.165) is 83.1 Å². The van der Waals surface area contributed by atoms with E-state index in [1.807, 2.05) is 29.2 Å². The van der Waals surface area contributed by atoms with Crippen molar-refractivity contribution in [2.75, 3.05) is 52.5 Å². The second kappa shape index (κ2) is 9.73. The predicted octanol–water partition coefficient (Wildman–Crippen LogP) is 1.79. The van der Waals surface area contributed by atoms with Crippen LogP contribution in [-0.2, 0) is 4.74 Å². The fourth-order valence-corrected chi connectivity index (χ4v) is 4.12. The zero-order valence-electron chi connectivity index (χ0n) is 15.8. The van der Waals surface area contributed by atoms with Crippen molar-refractivity contribution in [3.05, 3.63) is 29.8 Å². The number of benzene rings is 1. The second-order valence-electron chi connectivity index (χ2n) is 7.43. The number of amides is 1. The lowest BCUT2D eigenvalue weighted by Gasteiger charge is -2.32. The van der Waals surface area contributed by atoms with Crippen LogP contribution in [0, 0.1) is 0 Å². The van der Waals surface area contributed by atoms with E-state index in [9.17, 15) is 4.79 Å². The quantitative estimate of drug-likeness (QED) is 0.842. The van der Waals surface area contributed by atoms with Crippen LogP contribution in [0.25, 0.3) is 0 Å². The highest BCUT2D eigenvalue weighted by Gasteiger charge is 2.31. The molecule has 7 heteroatoms. The predicted molar refractivity (Wildman–Crippen MR) is 107 cm³/mol. The lowest BCUT2D eigenvalue weighted by molar-refractivity contribution is 0.0256. The van der Waals surface area contributed by atoms with Crippen LogP contribution < -0.4 is 10.1 Å². The van der Waals surface area contributed by atoms with Gasteiger partial charge in [0.1, 0.15) is 11.9 Å². The molecule has 0 bridgehead atoms. The molecule has 27 heavy (non-hydrogen) atoms. The van der Waals surface area contributed by atoms with Crippen LogP contribution in [0.5, 0.6) is 5.75 Å². The normalized spacial score (nSPS) is 24.4. The SMILES string of the molecule is Cl.O=C(c1ccc(OC2CCOCC2)cc1)N1CCC(N2CCNCC2)C1. The Kier molecular flexibility index (Phi) is 7.35. The highest BCUT2D eigenvalue weighted by Crippen LogP contribution is 2.22. The molecule has 1 N–H and O–H groups in total. The molecule has 1 amide bonds. The average molecular weight is 396 g/mol. The summed E-state index contributed by atoms with van der Waals surface area (Å²) in [4.78, 5) is 17.3. The average Bonchev–Trinajstić information content (AvgIpc) is 3.20. The zero-order chi connectivity index (χ0) is 17.8. The van der Waals surface area contributed by atoms with Gasteiger partial charge >= 0.3 is 0 Å². The third-order valence-corrected chi connectivity index (χ3v) is 5.69. The highest BCUT2D eigenvalue weighted by molar-refractivity contribution is 5.94. The Morgan fingerprint density at radius 2 is 1.74 bits per heavy atom. The lowest BCUT2D eigenvalue weighted by Crippen LogP contribution is -2.49. The van der Waals surface area contributed by atoms with Gasteiger partial charge in [-0.05, 0) is 30.7 Å². The smallest absolute Gasteiger partial charge is 0.253 e. The number of rotatable bonds is 4. The summed E-state index contributed by atoms with van der Waals surface area (Å²) < 4.78 is 11.4. The summed E-state index contributed by atoms with van der Waals surface area (Å²) in [5.74, 6) is 0.980. The first kappa shape index (κ1) is 20.4. The van der Waals surface area contributed by atoms with Gasteiger partial charge in [0.15, 0.2) is 0 Å². The topological polar surface area (TPSA) is 54.0 Å². The van der Waals surface area contributed by atoms with Crippen molar-refractivity contribution in [3.8, 4) is 5.75 Å². The number of halogens is 1. The molecule has 4 rings (SSSR count). The van der Waals surface area contributed by atoms with E-state index in [1.54, 1.807) is 0 Å². The molecule has 3 aliphatic heterocycles. The van der Waals surface area contributed by atoms with E-state index in [1.165, 1.54) is 0 Å². The molecule has 0 aliphatic carbocycles. The number of hydrogen-bond acceptors (Lipinski definition) is 5. The Balaban J connectivity index is 0.00000210. The molecular formula is C20H30ClN3O3. The van der Waals surface area contributed by atoms with Gasteiger partial charge in [0.2, 0.25) is 0 Å². The molecule has 1 aromatic carbocycles. The van der Waals surface area contributed by atoms with E-state index in [2.05, 4.69) is 10.2 Å². The third-order valence-electron chi connectivity index (χ3n) is 5.69. The van der Waals surface area contributed by atoms with Crippen molar-refractivity contribution in [1.29, 1.82) is 0 Å². The largest absolute Gasteiger partial charge is 0.490 e. The number of nitrogens with one attached hydrogen (secondary N) is 1. The molecule has 0 radical (unpaired) electrons. The Labute approximate surface area is 167 Å².